The second-order valence-corrected chi connectivity index (χ2v) is 5.43. The summed E-state index contributed by atoms with van der Waals surface area (Å²) in [5.74, 6) is 0.844. The number of rotatable bonds is 2. The van der Waals surface area contributed by atoms with E-state index < -0.39 is 5.82 Å². The molecule has 102 valence electrons. The molecule has 1 aromatic heterocycles. The minimum atomic E-state index is -0.394. The molecule has 0 unspecified atom stereocenters. The van der Waals surface area contributed by atoms with Gasteiger partial charge in [0.2, 0.25) is 0 Å². The van der Waals surface area contributed by atoms with E-state index in [2.05, 4.69) is 10.1 Å². The third-order valence-electron chi connectivity index (χ3n) is 2.86. The first kappa shape index (κ1) is 13.5. The number of hydrogen-bond acceptors (Lipinski definition) is 4. The van der Waals surface area contributed by atoms with Crippen molar-refractivity contribution in [1.29, 1.82) is 0 Å². The Morgan fingerprint density at radius 2 is 1.95 bits per heavy atom. The van der Waals surface area contributed by atoms with E-state index in [1.165, 1.54) is 6.07 Å². The molecule has 0 saturated carbocycles. The maximum absolute atomic E-state index is 14.2. The minimum absolute atomic E-state index is 0.161. The van der Waals surface area contributed by atoms with Crippen molar-refractivity contribution in [3.8, 4) is 17.2 Å². The molecule has 0 aliphatic rings. The lowest BCUT2D eigenvalue weighted by Gasteiger charge is -2.22. The van der Waals surface area contributed by atoms with Gasteiger partial charge in [-0.1, -0.05) is 25.9 Å². The van der Waals surface area contributed by atoms with Crippen molar-refractivity contribution in [3.63, 3.8) is 0 Å². The summed E-state index contributed by atoms with van der Waals surface area (Å²) in [6, 6.07) is 3.07. The highest BCUT2D eigenvalue weighted by Gasteiger charge is 2.23. The Hall–Kier alpha value is -1.91. The fourth-order valence-electron chi connectivity index (χ4n) is 1.88. The van der Waals surface area contributed by atoms with Gasteiger partial charge in [-0.15, -0.1) is 0 Å². The van der Waals surface area contributed by atoms with Crippen LogP contribution in [0.3, 0.4) is 0 Å². The summed E-state index contributed by atoms with van der Waals surface area (Å²) in [7, 11) is 1.56. The van der Waals surface area contributed by atoms with Gasteiger partial charge in [0.15, 0.2) is 5.82 Å². The van der Waals surface area contributed by atoms with Crippen LogP contribution in [-0.4, -0.2) is 17.3 Å². The molecule has 0 N–H and O–H groups in total. The molecule has 0 atom stereocenters. The van der Waals surface area contributed by atoms with E-state index in [-0.39, 0.29) is 16.9 Å². The van der Waals surface area contributed by atoms with Gasteiger partial charge in [0.25, 0.3) is 5.89 Å². The fourth-order valence-corrected chi connectivity index (χ4v) is 1.88. The molecule has 1 heterocycles. The Balaban J connectivity index is 2.60. The van der Waals surface area contributed by atoms with E-state index in [1.807, 2.05) is 20.8 Å². The van der Waals surface area contributed by atoms with E-state index >= 15 is 0 Å². The third-order valence-corrected chi connectivity index (χ3v) is 2.86. The Labute approximate surface area is 111 Å². The normalized spacial score (nSPS) is 11.7. The zero-order valence-corrected chi connectivity index (χ0v) is 11.7. The molecule has 4 nitrogen and oxygen atoms in total. The van der Waals surface area contributed by atoms with Crippen LogP contribution in [0.5, 0.6) is 5.75 Å². The third kappa shape index (κ3) is 2.59. The van der Waals surface area contributed by atoms with Gasteiger partial charge in [-0.2, -0.15) is 4.98 Å². The highest BCUT2D eigenvalue weighted by atomic mass is 19.1. The summed E-state index contributed by atoms with van der Waals surface area (Å²) in [5.41, 5.74) is 0.841. The zero-order chi connectivity index (χ0) is 14.2. The average Bonchev–Trinajstić information content (AvgIpc) is 2.74. The molecule has 0 aliphatic heterocycles. The van der Waals surface area contributed by atoms with Crippen molar-refractivity contribution >= 4 is 0 Å². The predicted molar refractivity (Wildman–Crippen MR) is 69.7 cm³/mol. The lowest BCUT2D eigenvalue weighted by molar-refractivity contribution is 0.394. The lowest BCUT2D eigenvalue weighted by atomic mass is 9.85. The molecule has 1 aromatic carbocycles. The number of methoxy groups -OCH3 is 1. The van der Waals surface area contributed by atoms with Crippen molar-refractivity contribution in [2.24, 2.45) is 0 Å². The van der Waals surface area contributed by atoms with E-state index in [0.717, 1.165) is 5.56 Å². The Bertz CT molecular complexity index is 600. The highest BCUT2D eigenvalue weighted by molar-refractivity contribution is 5.59. The number of ether oxygens (including phenoxy) is 1. The standard InChI is InChI=1S/C14H17FN2O2/c1-8-16-13(19-17-8)9-6-12(18-5)10(7-11(9)15)14(2,3)4/h6-7H,1-5H3. The molecule has 0 bridgehead atoms. The molecule has 19 heavy (non-hydrogen) atoms. The lowest BCUT2D eigenvalue weighted by Crippen LogP contribution is -2.13. The Kier molecular flexibility index (Phi) is 3.30. The van der Waals surface area contributed by atoms with Gasteiger partial charge in [-0.05, 0) is 24.5 Å². The number of benzene rings is 1. The van der Waals surface area contributed by atoms with Gasteiger partial charge in [0.05, 0.1) is 12.7 Å². The first-order valence-electron chi connectivity index (χ1n) is 6.01. The molecule has 0 amide bonds. The molecule has 0 radical (unpaired) electrons. The van der Waals surface area contributed by atoms with Crippen molar-refractivity contribution in [2.45, 2.75) is 33.1 Å². The van der Waals surface area contributed by atoms with Crippen LogP contribution in [0.15, 0.2) is 16.7 Å². The van der Waals surface area contributed by atoms with E-state index in [0.29, 0.717) is 11.6 Å². The average molecular weight is 264 g/mol. The van der Waals surface area contributed by atoms with Crippen LogP contribution in [0, 0.1) is 12.7 Å². The Morgan fingerprint density at radius 3 is 2.42 bits per heavy atom. The minimum Gasteiger partial charge on any atom is -0.496 e. The van der Waals surface area contributed by atoms with Gasteiger partial charge >= 0.3 is 0 Å². The highest BCUT2D eigenvalue weighted by Crippen LogP contribution is 2.36. The van der Waals surface area contributed by atoms with Gasteiger partial charge in [-0.3, -0.25) is 0 Å². The summed E-state index contributed by atoms with van der Waals surface area (Å²) in [6.07, 6.45) is 0. The fraction of sp³-hybridized carbons (Fsp3) is 0.429. The van der Waals surface area contributed by atoms with Crippen LogP contribution in [0.1, 0.15) is 32.2 Å². The monoisotopic (exact) mass is 264 g/mol. The van der Waals surface area contributed by atoms with Gasteiger partial charge in [0.1, 0.15) is 11.6 Å². The van der Waals surface area contributed by atoms with Gasteiger partial charge < -0.3 is 9.26 Å². The number of hydrogen-bond donors (Lipinski definition) is 0. The summed E-state index contributed by atoms with van der Waals surface area (Å²) >= 11 is 0. The van der Waals surface area contributed by atoms with Crippen LogP contribution in [-0.2, 0) is 5.41 Å². The quantitative estimate of drug-likeness (QED) is 0.833. The van der Waals surface area contributed by atoms with Crippen LogP contribution in [0.4, 0.5) is 4.39 Å². The van der Waals surface area contributed by atoms with E-state index in [1.54, 1.807) is 20.1 Å². The second-order valence-electron chi connectivity index (χ2n) is 5.43. The summed E-state index contributed by atoms with van der Waals surface area (Å²) in [4.78, 5) is 4.04. The maximum atomic E-state index is 14.2. The van der Waals surface area contributed by atoms with Crippen LogP contribution in [0.2, 0.25) is 0 Å². The topological polar surface area (TPSA) is 48.2 Å². The first-order valence-corrected chi connectivity index (χ1v) is 6.01. The number of nitrogens with zero attached hydrogens (tertiary/aromatic N) is 2. The molecule has 0 saturated heterocycles. The van der Waals surface area contributed by atoms with Crippen LogP contribution in [0.25, 0.3) is 11.5 Å². The van der Waals surface area contributed by atoms with Gasteiger partial charge in [0, 0.05) is 5.56 Å². The van der Waals surface area contributed by atoms with Crippen LogP contribution >= 0.6 is 0 Å². The molecule has 2 aromatic rings. The molecule has 5 heteroatoms. The SMILES string of the molecule is COc1cc(-c2nc(C)no2)c(F)cc1C(C)(C)C. The number of halogens is 1. The van der Waals surface area contributed by atoms with Gasteiger partial charge in [-0.25, -0.2) is 4.39 Å². The Morgan fingerprint density at radius 1 is 1.26 bits per heavy atom. The van der Waals surface area contributed by atoms with Crippen LogP contribution < -0.4 is 4.74 Å². The maximum Gasteiger partial charge on any atom is 0.261 e. The number of aryl methyl sites for hydroxylation is 1. The predicted octanol–water partition coefficient (Wildman–Crippen LogP) is 3.49. The second kappa shape index (κ2) is 4.64. The van der Waals surface area contributed by atoms with Crippen molar-refractivity contribution in [3.05, 3.63) is 29.3 Å². The largest absolute Gasteiger partial charge is 0.496 e. The number of aromatic nitrogens is 2. The summed E-state index contributed by atoms with van der Waals surface area (Å²) < 4.78 is 24.5. The molecular weight excluding hydrogens is 247 g/mol. The van der Waals surface area contributed by atoms with E-state index in [9.17, 15) is 4.39 Å². The molecular formula is C14H17FN2O2. The summed E-state index contributed by atoms with van der Waals surface area (Å²) in [5, 5.41) is 3.67. The molecule has 0 fully saturated rings. The van der Waals surface area contributed by atoms with Crippen molar-refractivity contribution in [1.82, 2.24) is 10.1 Å². The molecule has 2 rings (SSSR count). The summed E-state index contributed by atoms with van der Waals surface area (Å²) in [6.45, 7) is 7.69. The van der Waals surface area contributed by atoms with E-state index in [4.69, 9.17) is 9.26 Å². The van der Waals surface area contributed by atoms with Crippen molar-refractivity contribution < 1.29 is 13.7 Å². The first-order chi connectivity index (χ1) is 8.82. The zero-order valence-electron chi connectivity index (χ0n) is 11.7. The smallest absolute Gasteiger partial charge is 0.261 e. The van der Waals surface area contributed by atoms with Crippen molar-refractivity contribution in [2.75, 3.05) is 7.11 Å². The molecule has 0 aliphatic carbocycles. The molecule has 0 spiro atoms.